The average Bonchev–Trinajstić information content (AvgIpc) is 2.70. The van der Waals surface area contributed by atoms with E-state index in [0.29, 0.717) is 29.2 Å². The highest BCUT2D eigenvalue weighted by Crippen LogP contribution is 2.28. The van der Waals surface area contributed by atoms with Crippen LogP contribution in [0.3, 0.4) is 0 Å². The maximum Gasteiger partial charge on any atom is 0.333 e. The minimum absolute atomic E-state index is 0.315. The summed E-state index contributed by atoms with van der Waals surface area (Å²) in [6.07, 6.45) is 1.61. The normalized spacial score (nSPS) is 11.2. The summed E-state index contributed by atoms with van der Waals surface area (Å²) in [5.74, 6) is -0.111. The summed E-state index contributed by atoms with van der Waals surface area (Å²) in [7, 11) is 2.76. The van der Waals surface area contributed by atoms with Crippen LogP contribution in [0.1, 0.15) is 22.0 Å². The van der Waals surface area contributed by atoms with Crippen molar-refractivity contribution in [3.8, 4) is 11.5 Å². The van der Waals surface area contributed by atoms with E-state index < -0.39 is 17.9 Å². The second-order valence-electron chi connectivity index (χ2n) is 5.45. The number of benzene rings is 2. The quantitative estimate of drug-likeness (QED) is 0.507. The zero-order chi connectivity index (χ0) is 19.8. The second-order valence-corrected chi connectivity index (χ2v) is 6.36. The number of carbonyl (C=O) groups excluding carboxylic acids is 2. The monoisotopic (exact) mass is 433 g/mol. The van der Waals surface area contributed by atoms with Crippen LogP contribution in [0, 0.1) is 0 Å². The van der Waals surface area contributed by atoms with E-state index >= 15 is 0 Å². The lowest BCUT2D eigenvalue weighted by atomic mass is 10.1. The largest absolute Gasteiger partial charge is 0.493 e. The molecule has 0 saturated carbocycles. The highest BCUT2D eigenvalue weighted by atomic mass is 79.9. The van der Waals surface area contributed by atoms with Crippen molar-refractivity contribution in [2.75, 3.05) is 20.8 Å². The van der Waals surface area contributed by atoms with Gasteiger partial charge in [-0.05, 0) is 35.9 Å². The number of hydrogen-bond acceptors (Lipinski definition) is 5. The van der Waals surface area contributed by atoms with E-state index in [4.69, 9.17) is 14.2 Å². The topological polar surface area (TPSA) is 73.9 Å². The Morgan fingerprint density at radius 3 is 2.44 bits per heavy atom. The second kappa shape index (κ2) is 9.78. The third-order valence-electron chi connectivity index (χ3n) is 3.70. The van der Waals surface area contributed by atoms with E-state index in [1.165, 1.54) is 14.2 Å². The molecule has 0 aliphatic rings. The summed E-state index contributed by atoms with van der Waals surface area (Å²) in [4.78, 5) is 24.8. The summed E-state index contributed by atoms with van der Waals surface area (Å²) >= 11 is 3.34. The van der Waals surface area contributed by atoms with Gasteiger partial charge in [-0.15, -0.1) is 0 Å². The molecule has 142 valence electrons. The van der Waals surface area contributed by atoms with Crippen molar-refractivity contribution in [1.82, 2.24) is 5.32 Å². The fraction of sp³-hybridized carbons (Fsp3) is 0.200. The summed E-state index contributed by atoms with van der Waals surface area (Å²) < 4.78 is 16.4. The van der Waals surface area contributed by atoms with Crippen LogP contribution in [0.2, 0.25) is 0 Å². The molecule has 0 saturated heterocycles. The van der Waals surface area contributed by atoms with Crippen LogP contribution in [0.4, 0.5) is 0 Å². The van der Waals surface area contributed by atoms with Crippen LogP contribution in [0.5, 0.6) is 11.5 Å². The van der Waals surface area contributed by atoms with Gasteiger partial charge in [-0.3, -0.25) is 4.79 Å². The minimum Gasteiger partial charge on any atom is -0.493 e. The Morgan fingerprint density at radius 1 is 1.15 bits per heavy atom. The zero-order valence-electron chi connectivity index (χ0n) is 15.0. The van der Waals surface area contributed by atoms with Gasteiger partial charge in [0.15, 0.2) is 17.5 Å². The van der Waals surface area contributed by atoms with Gasteiger partial charge in [-0.1, -0.05) is 40.7 Å². The third-order valence-corrected chi connectivity index (χ3v) is 4.23. The van der Waals surface area contributed by atoms with Crippen LogP contribution in [0.25, 0.3) is 0 Å². The number of methoxy groups -OCH3 is 2. The minimum atomic E-state index is -0.932. The van der Waals surface area contributed by atoms with Crippen LogP contribution in [0.15, 0.2) is 59.6 Å². The van der Waals surface area contributed by atoms with E-state index in [1.807, 2.05) is 0 Å². The van der Waals surface area contributed by atoms with E-state index in [2.05, 4.69) is 27.8 Å². The highest BCUT2D eigenvalue weighted by Gasteiger charge is 2.24. The molecule has 0 heterocycles. The molecular weight excluding hydrogens is 414 g/mol. The van der Waals surface area contributed by atoms with Crippen molar-refractivity contribution in [1.29, 1.82) is 0 Å². The van der Waals surface area contributed by atoms with Gasteiger partial charge in [0.05, 0.1) is 14.2 Å². The number of ether oxygens (including phenoxy) is 3. The molecule has 2 aromatic rings. The van der Waals surface area contributed by atoms with Crippen molar-refractivity contribution in [2.45, 2.75) is 6.04 Å². The smallest absolute Gasteiger partial charge is 0.333 e. The van der Waals surface area contributed by atoms with E-state index in [0.717, 1.165) is 4.47 Å². The van der Waals surface area contributed by atoms with Gasteiger partial charge in [-0.2, -0.15) is 0 Å². The molecule has 0 fully saturated rings. The van der Waals surface area contributed by atoms with Gasteiger partial charge in [-0.25, -0.2) is 4.79 Å². The van der Waals surface area contributed by atoms with E-state index in [-0.39, 0.29) is 0 Å². The molecule has 1 N–H and O–H groups in total. The summed E-state index contributed by atoms with van der Waals surface area (Å²) in [5.41, 5.74) is 0.931. The zero-order valence-corrected chi connectivity index (χ0v) is 16.6. The van der Waals surface area contributed by atoms with Crippen LogP contribution < -0.4 is 14.8 Å². The molecule has 1 atom stereocenters. The molecular formula is C20H20BrNO5. The number of carbonyl (C=O) groups is 2. The fourth-order valence-corrected chi connectivity index (χ4v) is 2.61. The molecule has 1 unspecified atom stereocenters. The number of halogens is 1. The van der Waals surface area contributed by atoms with Crippen molar-refractivity contribution in [3.63, 3.8) is 0 Å². The van der Waals surface area contributed by atoms with Crippen molar-refractivity contribution in [3.05, 3.63) is 70.7 Å². The summed E-state index contributed by atoms with van der Waals surface area (Å²) in [6, 6.07) is 10.9. The molecule has 2 rings (SSSR count). The molecule has 1 amide bonds. The Kier molecular flexibility index (Phi) is 7.43. The Bertz CT molecular complexity index is 820. The van der Waals surface area contributed by atoms with Crippen LogP contribution in [-0.2, 0) is 9.53 Å². The fourth-order valence-electron chi connectivity index (χ4n) is 2.34. The first-order valence-corrected chi connectivity index (χ1v) is 8.85. The predicted octanol–water partition coefficient (Wildman–Crippen LogP) is 3.67. The Balaban J connectivity index is 2.25. The van der Waals surface area contributed by atoms with Crippen molar-refractivity contribution >= 4 is 27.8 Å². The van der Waals surface area contributed by atoms with E-state index in [9.17, 15) is 9.59 Å². The van der Waals surface area contributed by atoms with Gasteiger partial charge in [0, 0.05) is 10.0 Å². The Hall–Kier alpha value is -2.80. The van der Waals surface area contributed by atoms with Gasteiger partial charge < -0.3 is 19.5 Å². The molecule has 27 heavy (non-hydrogen) atoms. The number of hydrogen-bond donors (Lipinski definition) is 1. The van der Waals surface area contributed by atoms with Gasteiger partial charge >= 0.3 is 5.97 Å². The molecule has 0 bridgehead atoms. The molecule has 0 spiro atoms. The third kappa shape index (κ3) is 5.34. The highest BCUT2D eigenvalue weighted by molar-refractivity contribution is 9.10. The molecule has 0 aromatic heterocycles. The first-order valence-electron chi connectivity index (χ1n) is 8.06. The number of rotatable bonds is 8. The number of esters is 1. The first kappa shape index (κ1) is 20.5. The standard InChI is InChI=1S/C20H20BrNO5/c1-4-11-27-16-10-7-14(12-17(16)25-2)19(23)22-18(20(24)26-3)13-5-8-15(21)9-6-13/h4-10,12,18H,1,11H2,2-3H3,(H,22,23). The molecule has 0 aliphatic heterocycles. The predicted molar refractivity (Wildman–Crippen MR) is 105 cm³/mol. The number of amides is 1. The first-order chi connectivity index (χ1) is 13.0. The molecule has 7 heteroatoms. The lowest BCUT2D eigenvalue weighted by molar-refractivity contribution is -0.143. The van der Waals surface area contributed by atoms with Gasteiger partial charge in [0.25, 0.3) is 5.91 Å². The summed E-state index contributed by atoms with van der Waals surface area (Å²) in [5, 5.41) is 2.69. The average molecular weight is 434 g/mol. The molecule has 2 aromatic carbocycles. The van der Waals surface area contributed by atoms with Crippen LogP contribution in [-0.4, -0.2) is 32.7 Å². The SMILES string of the molecule is C=CCOc1ccc(C(=O)NC(C(=O)OC)c2ccc(Br)cc2)cc1OC. The molecule has 0 aliphatic carbocycles. The van der Waals surface area contributed by atoms with Crippen molar-refractivity contribution < 1.29 is 23.8 Å². The maximum atomic E-state index is 12.7. The van der Waals surface area contributed by atoms with E-state index in [1.54, 1.807) is 48.5 Å². The van der Waals surface area contributed by atoms with Gasteiger partial charge in [0.2, 0.25) is 0 Å². The molecule has 0 radical (unpaired) electrons. The number of nitrogens with one attached hydrogen (secondary N) is 1. The lowest BCUT2D eigenvalue weighted by Crippen LogP contribution is -2.34. The van der Waals surface area contributed by atoms with Crippen molar-refractivity contribution in [2.24, 2.45) is 0 Å². The summed E-state index contributed by atoms with van der Waals surface area (Å²) in [6.45, 7) is 3.91. The van der Waals surface area contributed by atoms with Crippen LogP contribution >= 0.6 is 15.9 Å². The maximum absolute atomic E-state index is 12.7. The Labute approximate surface area is 166 Å². The Morgan fingerprint density at radius 2 is 1.85 bits per heavy atom. The molecule has 6 nitrogen and oxygen atoms in total. The van der Waals surface area contributed by atoms with Gasteiger partial charge in [0.1, 0.15) is 6.61 Å². The lowest BCUT2D eigenvalue weighted by Gasteiger charge is -2.18.